The van der Waals surface area contributed by atoms with Gasteiger partial charge >= 0.3 is 5.97 Å². The third-order valence-corrected chi connectivity index (χ3v) is 7.85. The lowest BCUT2D eigenvalue weighted by molar-refractivity contribution is 0.0474. The second-order valence-electron chi connectivity index (χ2n) is 7.79. The van der Waals surface area contributed by atoms with Crippen molar-refractivity contribution in [1.82, 2.24) is 8.87 Å². The smallest absolute Gasteiger partial charge is 0.340 e. The number of halogens is 1. The molecule has 32 heavy (non-hydrogen) atoms. The van der Waals surface area contributed by atoms with E-state index in [2.05, 4.69) is 6.58 Å². The zero-order valence-corrected chi connectivity index (χ0v) is 19.8. The average Bonchev–Trinajstić information content (AvgIpc) is 3.06. The zero-order chi connectivity index (χ0) is 23.5. The maximum absolute atomic E-state index is 12.9. The van der Waals surface area contributed by atoms with Crippen LogP contribution < -0.4 is 0 Å². The van der Waals surface area contributed by atoms with Crippen LogP contribution in [-0.2, 0) is 21.3 Å². The first-order chi connectivity index (χ1) is 15.2. The van der Waals surface area contributed by atoms with Gasteiger partial charge in [-0.05, 0) is 51.0 Å². The van der Waals surface area contributed by atoms with Gasteiger partial charge in [0, 0.05) is 36.6 Å². The molecule has 2 aromatic rings. The van der Waals surface area contributed by atoms with Crippen LogP contribution in [0.15, 0.2) is 41.8 Å². The molecule has 1 aromatic carbocycles. The first-order valence-corrected chi connectivity index (χ1v) is 12.3. The van der Waals surface area contributed by atoms with Crippen LogP contribution in [0.5, 0.6) is 0 Å². The second kappa shape index (κ2) is 10.0. The molecule has 7 nitrogen and oxygen atoms in total. The minimum Gasteiger partial charge on any atom is -0.454 e. The van der Waals surface area contributed by atoms with Crippen molar-refractivity contribution in [3.05, 3.63) is 64.5 Å². The van der Waals surface area contributed by atoms with Crippen molar-refractivity contribution < 1.29 is 22.7 Å². The Morgan fingerprint density at radius 2 is 1.81 bits per heavy atom. The van der Waals surface area contributed by atoms with Crippen LogP contribution in [0.2, 0.25) is 5.02 Å². The van der Waals surface area contributed by atoms with Crippen LogP contribution in [0.3, 0.4) is 0 Å². The van der Waals surface area contributed by atoms with Gasteiger partial charge in [0.05, 0.1) is 15.5 Å². The number of allylic oxidation sites excluding steroid dienone is 1. The summed E-state index contributed by atoms with van der Waals surface area (Å²) >= 11 is 6.14. The van der Waals surface area contributed by atoms with Gasteiger partial charge in [-0.25, -0.2) is 13.2 Å². The van der Waals surface area contributed by atoms with Gasteiger partial charge in [-0.15, -0.1) is 6.58 Å². The number of carbonyl (C=O) groups excluding carboxylic acids is 2. The maximum Gasteiger partial charge on any atom is 0.340 e. The van der Waals surface area contributed by atoms with Gasteiger partial charge in [0.25, 0.3) is 0 Å². The van der Waals surface area contributed by atoms with Gasteiger partial charge in [0.1, 0.15) is 0 Å². The maximum atomic E-state index is 12.9. The van der Waals surface area contributed by atoms with E-state index in [1.165, 1.54) is 22.5 Å². The third kappa shape index (κ3) is 4.98. The van der Waals surface area contributed by atoms with Gasteiger partial charge < -0.3 is 9.30 Å². The van der Waals surface area contributed by atoms with Crippen LogP contribution in [-0.4, -0.2) is 48.7 Å². The number of Topliss-reactive ketones (excluding diaryl/α,β-unsaturated/α-hetero) is 1. The van der Waals surface area contributed by atoms with E-state index in [0.29, 0.717) is 25.2 Å². The second-order valence-corrected chi connectivity index (χ2v) is 10.1. The number of esters is 1. The first-order valence-electron chi connectivity index (χ1n) is 10.4. The number of ketones is 1. The average molecular weight is 479 g/mol. The SMILES string of the molecule is C=CCn1c(C)cc(C(=O)COC(=O)c2cc(S(=O)(=O)N3CCCCC3)ccc2Cl)c1C. The Kier molecular flexibility index (Phi) is 7.59. The van der Waals surface area contributed by atoms with Crippen molar-refractivity contribution >= 4 is 33.4 Å². The molecule has 9 heteroatoms. The molecule has 172 valence electrons. The fraction of sp³-hybridized carbons (Fsp3) is 0.391. The highest BCUT2D eigenvalue weighted by atomic mass is 35.5. The van der Waals surface area contributed by atoms with Gasteiger partial charge in [-0.3, -0.25) is 4.79 Å². The molecular formula is C23H27ClN2O5S. The molecule has 0 N–H and O–H groups in total. The molecule has 1 saturated heterocycles. The molecule has 0 aliphatic carbocycles. The Morgan fingerprint density at radius 3 is 2.47 bits per heavy atom. The Balaban J connectivity index is 1.75. The van der Waals surface area contributed by atoms with Crippen molar-refractivity contribution in [2.75, 3.05) is 19.7 Å². The van der Waals surface area contributed by atoms with E-state index in [1.807, 2.05) is 18.4 Å². The number of hydrogen-bond acceptors (Lipinski definition) is 5. The molecule has 2 heterocycles. The topological polar surface area (TPSA) is 85.7 Å². The highest BCUT2D eigenvalue weighted by Gasteiger charge is 2.28. The number of aryl methyl sites for hydroxylation is 1. The Hall–Kier alpha value is -2.42. The molecule has 0 atom stereocenters. The molecule has 0 bridgehead atoms. The van der Waals surface area contributed by atoms with Crippen molar-refractivity contribution in [3.8, 4) is 0 Å². The summed E-state index contributed by atoms with van der Waals surface area (Å²) in [6.07, 6.45) is 4.34. The number of carbonyl (C=O) groups is 2. The van der Waals surface area contributed by atoms with Gasteiger partial charge in [-0.2, -0.15) is 4.31 Å². The molecule has 0 amide bonds. The fourth-order valence-corrected chi connectivity index (χ4v) is 5.59. The summed E-state index contributed by atoms with van der Waals surface area (Å²) in [5, 5.41) is 0.0594. The summed E-state index contributed by atoms with van der Waals surface area (Å²) in [6, 6.07) is 5.70. The van der Waals surface area contributed by atoms with Crippen molar-refractivity contribution in [2.24, 2.45) is 0 Å². The van der Waals surface area contributed by atoms with Crippen molar-refractivity contribution in [2.45, 2.75) is 44.6 Å². The summed E-state index contributed by atoms with van der Waals surface area (Å²) in [7, 11) is -3.73. The monoisotopic (exact) mass is 478 g/mol. The summed E-state index contributed by atoms with van der Waals surface area (Å²) in [4.78, 5) is 25.2. The van der Waals surface area contributed by atoms with E-state index in [-0.39, 0.29) is 21.3 Å². The Labute approximate surface area is 193 Å². The molecule has 0 spiro atoms. The highest BCUT2D eigenvalue weighted by Crippen LogP contribution is 2.26. The van der Waals surface area contributed by atoms with Crippen LogP contribution in [0.25, 0.3) is 0 Å². The van der Waals surface area contributed by atoms with E-state index in [9.17, 15) is 18.0 Å². The Morgan fingerprint density at radius 1 is 1.12 bits per heavy atom. The quantitative estimate of drug-likeness (QED) is 0.323. The minimum atomic E-state index is -3.73. The number of ether oxygens (including phenoxy) is 1. The van der Waals surface area contributed by atoms with Crippen LogP contribution >= 0.6 is 11.6 Å². The number of nitrogens with zero attached hydrogens (tertiary/aromatic N) is 2. The lowest BCUT2D eigenvalue weighted by Gasteiger charge is -2.26. The minimum absolute atomic E-state index is 0.0185. The summed E-state index contributed by atoms with van der Waals surface area (Å²) < 4.78 is 34.4. The number of benzene rings is 1. The normalized spacial score (nSPS) is 14.8. The summed E-state index contributed by atoms with van der Waals surface area (Å²) in [6.45, 7) is 8.40. The van der Waals surface area contributed by atoms with Crippen LogP contribution in [0.4, 0.5) is 0 Å². The van der Waals surface area contributed by atoms with E-state index in [4.69, 9.17) is 16.3 Å². The summed E-state index contributed by atoms with van der Waals surface area (Å²) in [5.74, 6) is -1.20. The molecule has 1 fully saturated rings. The van der Waals surface area contributed by atoms with Gasteiger partial charge in [0.15, 0.2) is 6.61 Å². The third-order valence-electron chi connectivity index (χ3n) is 5.63. The van der Waals surface area contributed by atoms with Gasteiger partial charge in [0.2, 0.25) is 15.8 Å². The molecule has 1 aliphatic rings. The molecular weight excluding hydrogens is 452 g/mol. The molecule has 1 aromatic heterocycles. The summed E-state index contributed by atoms with van der Waals surface area (Å²) in [5.41, 5.74) is 2.03. The van der Waals surface area contributed by atoms with Crippen molar-refractivity contribution in [3.63, 3.8) is 0 Å². The predicted molar refractivity (Wildman–Crippen MR) is 123 cm³/mol. The lowest BCUT2D eigenvalue weighted by atomic mass is 10.1. The lowest BCUT2D eigenvalue weighted by Crippen LogP contribution is -2.35. The van der Waals surface area contributed by atoms with Crippen molar-refractivity contribution in [1.29, 1.82) is 0 Å². The van der Waals surface area contributed by atoms with Crippen LogP contribution in [0, 0.1) is 13.8 Å². The molecule has 1 aliphatic heterocycles. The number of sulfonamides is 1. The molecule has 0 unspecified atom stereocenters. The van der Waals surface area contributed by atoms with E-state index in [1.54, 1.807) is 12.1 Å². The number of hydrogen-bond donors (Lipinski definition) is 0. The van der Waals surface area contributed by atoms with E-state index >= 15 is 0 Å². The van der Waals surface area contributed by atoms with E-state index in [0.717, 1.165) is 30.7 Å². The zero-order valence-electron chi connectivity index (χ0n) is 18.3. The first kappa shape index (κ1) is 24.2. The highest BCUT2D eigenvalue weighted by molar-refractivity contribution is 7.89. The standard InChI is InChI=1S/C23H27ClN2O5S/c1-4-10-26-16(2)13-19(17(26)3)22(27)15-31-23(28)20-14-18(8-9-21(20)24)32(29,30)25-11-6-5-7-12-25/h4,8-9,13-14H,1,5-7,10-12,15H2,2-3H3. The number of rotatable bonds is 8. The molecule has 0 radical (unpaired) electrons. The van der Waals surface area contributed by atoms with Crippen LogP contribution in [0.1, 0.15) is 51.4 Å². The fourth-order valence-electron chi connectivity index (χ4n) is 3.86. The Bertz CT molecular complexity index is 1150. The molecule has 0 saturated carbocycles. The largest absolute Gasteiger partial charge is 0.454 e. The van der Waals surface area contributed by atoms with Gasteiger partial charge in [-0.1, -0.05) is 24.1 Å². The van der Waals surface area contributed by atoms with E-state index < -0.39 is 22.6 Å². The predicted octanol–water partition coefficient (Wildman–Crippen LogP) is 4.16. The molecule has 3 rings (SSSR count). The number of aromatic nitrogens is 1. The number of piperidine rings is 1.